The summed E-state index contributed by atoms with van der Waals surface area (Å²) in [6.45, 7) is 0. The number of para-hydroxylation sites is 3. The first-order valence-electron chi connectivity index (χ1n) is 17.3. The zero-order chi connectivity index (χ0) is 33.7. The molecule has 8 aromatic carbocycles. The first-order valence-corrected chi connectivity index (χ1v) is 17.3. The third-order valence-corrected chi connectivity index (χ3v) is 10.0. The first kappa shape index (κ1) is 29.1. The number of anilines is 3. The lowest BCUT2D eigenvalue weighted by Gasteiger charge is -2.26. The van der Waals surface area contributed by atoms with Crippen molar-refractivity contribution < 1.29 is 4.42 Å². The molecular weight excluding hydrogens is 621 g/mol. The number of hydrogen-bond acceptors (Lipinski definition) is 2. The molecule has 0 spiro atoms. The number of aromatic nitrogens is 1. The molecule has 10 rings (SSSR count). The van der Waals surface area contributed by atoms with E-state index >= 15 is 0 Å². The van der Waals surface area contributed by atoms with Crippen LogP contribution in [0.25, 0.3) is 71.7 Å². The minimum absolute atomic E-state index is 0.916. The van der Waals surface area contributed by atoms with Crippen LogP contribution in [0.3, 0.4) is 0 Å². The van der Waals surface area contributed by atoms with Gasteiger partial charge in [0.05, 0.1) is 11.0 Å². The van der Waals surface area contributed by atoms with Crippen LogP contribution < -0.4 is 4.90 Å². The predicted octanol–water partition coefficient (Wildman–Crippen LogP) is 13.5. The predicted molar refractivity (Wildman–Crippen MR) is 214 cm³/mol. The van der Waals surface area contributed by atoms with Gasteiger partial charge in [0.1, 0.15) is 11.2 Å². The number of nitrogens with zero attached hydrogens (tertiary/aromatic N) is 2. The van der Waals surface area contributed by atoms with Crippen LogP contribution in [0.15, 0.2) is 199 Å². The van der Waals surface area contributed by atoms with E-state index in [-0.39, 0.29) is 0 Å². The highest BCUT2D eigenvalue weighted by atomic mass is 16.3. The third kappa shape index (κ3) is 4.98. The molecule has 0 aliphatic carbocycles. The van der Waals surface area contributed by atoms with Crippen molar-refractivity contribution in [2.24, 2.45) is 0 Å². The van der Waals surface area contributed by atoms with Gasteiger partial charge >= 0.3 is 0 Å². The van der Waals surface area contributed by atoms with Gasteiger partial charge in [0.2, 0.25) is 0 Å². The molecule has 0 aliphatic rings. The molecule has 0 fully saturated rings. The van der Waals surface area contributed by atoms with Crippen LogP contribution >= 0.6 is 0 Å². The van der Waals surface area contributed by atoms with Crippen molar-refractivity contribution in [1.29, 1.82) is 0 Å². The van der Waals surface area contributed by atoms with E-state index in [9.17, 15) is 0 Å². The average molecular weight is 653 g/mol. The third-order valence-electron chi connectivity index (χ3n) is 10.0. The summed E-state index contributed by atoms with van der Waals surface area (Å²) in [5, 5.41) is 4.68. The van der Waals surface area contributed by atoms with Crippen molar-refractivity contribution in [3.63, 3.8) is 0 Å². The summed E-state index contributed by atoms with van der Waals surface area (Å²) in [7, 11) is 0. The summed E-state index contributed by atoms with van der Waals surface area (Å²) >= 11 is 0. The SMILES string of the molecule is c1ccc(-c2ccc(N(c3ccccc3)c3ccc(-c4ccc(-n5c6ccccc6c6cc7oc8ccccc8c7cc65)cc4)cc3)cc2)cc1. The summed E-state index contributed by atoms with van der Waals surface area (Å²) < 4.78 is 8.65. The van der Waals surface area contributed by atoms with Gasteiger partial charge in [0, 0.05) is 44.3 Å². The van der Waals surface area contributed by atoms with Gasteiger partial charge in [-0.15, -0.1) is 0 Å². The fourth-order valence-electron chi connectivity index (χ4n) is 7.53. The Morgan fingerprint density at radius 3 is 1.51 bits per heavy atom. The normalized spacial score (nSPS) is 11.5. The molecule has 0 aliphatic heterocycles. The first-order chi connectivity index (χ1) is 25.3. The molecule has 0 saturated heterocycles. The minimum Gasteiger partial charge on any atom is -0.456 e. The van der Waals surface area contributed by atoms with Crippen LogP contribution in [0.1, 0.15) is 0 Å². The molecule has 3 heteroatoms. The molecule has 0 radical (unpaired) electrons. The van der Waals surface area contributed by atoms with Crippen LogP contribution in [-0.4, -0.2) is 4.57 Å². The molecule has 0 bridgehead atoms. The van der Waals surface area contributed by atoms with E-state index < -0.39 is 0 Å². The highest BCUT2D eigenvalue weighted by Crippen LogP contribution is 2.39. The standard InChI is InChI=1S/C48H32N2O/c1-3-11-33(12-4-1)34-19-25-38(26-20-34)49(37-13-5-2-6-14-37)39-27-21-35(22-28-39)36-23-29-40(30-24-36)50-45-17-9-7-15-41(45)43-32-48-44(31-46(43)50)42-16-8-10-18-47(42)51-48/h1-32H. The van der Waals surface area contributed by atoms with E-state index in [0.29, 0.717) is 0 Å². The molecule has 3 nitrogen and oxygen atoms in total. The van der Waals surface area contributed by atoms with Crippen molar-refractivity contribution in [1.82, 2.24) is 4.57 Å². The van der Waals surface area contributed by atoms with Gasteiger partial charge < -0.3 is 13.9 Å². The maximum Gasteiger partial charge on any atom is 0.136 e. The van der Waals surface area contributed by atoms with Crippen molar-refractivity contribution in [2.45, 2.75) is 0 Å². The second-order valence-electron chi connectivity index (χ2n) is 13.0. The number of furan rings is 1. The van der Waals surface area contributed by atoms with Gasteiger partial charge in [-0.05, 0) is 95.1 Å². The summed E-state index contributed by atoms with van der Waals surface area (Å²) in [5.74, 6) is 0. The zero-order valence-corrected chi connectivity index (χ0v) is 27.8. The summed E-state index contributed by atoms with van der Waals surface area (Å²) in [5.41, 5.74) is 13.4. The number of benzene rings is 8. The molecule has 0 N–H and O–H groups in total. The maximum atomic E-state index is 6.27. The molecule has 10 aromatic rings. The van der Waals surface area contributed by atoms with E-state index in [1.807, 2.05) is 12.1 Å². The van der Waals surface area contributed by atoms with Crippen molar-refractivity contribution in [3.8, 4) is 27.9 Å². The van der Waals surface area contributed by atoms with Gasteiger partial charge in [-0.2, -0.15) is 0 Å². The maximum absolute atomic E-state index is 6.27. The number of hydrogen-bond donors (Lipinski definition) is 0. The van der Waals surface area contributed by atoms with E-state index in [4.69, 9.17) is 4.42 Å². The van der Waals surface area contributed by atoms with Crippen LogP contribution in [0.4, 0.5) is 17.1 Å². The lowest BCUT2D eigenvalue weighted by atomic mass is 10.0. The smallest absolute Gasteiger partial charge is 0.136 e. The second-order valence-corrected chi connectivity index (χ2v) is 13.0. The second kappa shape index (κ2) is 11.9. The van der Waals surface area contributed by atoms with Crippen molar-refractivity contribution in [2.75, 3.05) is 4.90 Å². The molecular formula is C48H32N2O. The fourth-order valence-corrected chi connectivity index (χ4v) is 7.53. The highest BCUT2D eigenvalue weighted by Gasteiger charge is 2.17. The van der Waals surface area contributed by atoms with E-state index in [0.717, 1.165) is 44.7 Å². The molecule has 0 saturated carbocycles. The van der Waals surface area contributed by atoms with Gasteiger partial charge in [-0.25, -0.2) is 0 Å². The quantitative estimate of drug-likeness (QED) is 0.178. The Morgan fingerprint density at radius 1 is 0.333 bits per heavy atom. The highest BCUT2D eigenvalue weighted by molar-refractivity contribution is 6.17. The topological polar surface area (TPSA) is 21.3 Å². The lowest BCUT2D eigenvalue weighted by Crippen LogP contribution is -2.09. The van der Waals surface area contributed by atoms with Crippen LogP contribution in [0.2, 0.25) is 0 Å². The Hall–Kier alpha value is -6.84. The molecule has 0 atom stereocenters. The van der Waals surface area contributed by atoms with Crippen molar-refractivity contribution in [3.05, 3.63) is 194 Å². The molecule has 0 amide bonds. The minimum atomic E-state index is 0.916. The molecule has 0 unspecified atom stereocenters. The van der Waals surface area contributed by atoms with Crippen molar-refractivity contribution >= 4 is 60.8 Å². The van der Waals surface area contributed by atoms with E-state index in [1.54, 1.807) is 0 Å². The Labute approximate surface area is 295 Å². The molecule has 2 aromatic heterocycles. The Morgan fingerprint density at radius 2 is 0.843 bits per heavy atom. The average Bonchev–Trinajstić information content (AvgIpc) is 3.73. The molecule has 51 heavy (non-hydrogen) atoms. The monoisotopic (exact) mass is 652 g/mol. The van der Waals surface area contributed by atoms with E-state index in [2.05, 4.69) is 191 Å². The van der Waals surface area contributed by atoms with Gasteiger partial charge in [-0.3, -0.25) is 0 Å². The zero-order valence-electron chi connectivity index (χ0n) is 27.8. The van der Waals surface area contributed by atoms with Crippen LogP contribution in [0.5, 0.6) is 0 Å². The Kier molecular flexibility index (Phi) is 6.81. The van der Waals surface area contributed by atoms with E-state index in [1.165, 1.54) is 44.1 Å². The lowest BCUT2D eigenvalue weighted by molar-refractivity contribution is 0.669. The number of fused-ring (bicyclic) bond motifs is 6. The van der Waals surface area contributed by atoms with Crippen LogP contribution in [0, 0.1) is 0 Å². The molecule has 240 valence electrons. The Bertz CT molecular complexity index is 2810. The van der Waals surface area contributed by atoms with Gasteiger partial charge in [0.15, 0.2) is 0 Å². The fraction of sp³-hybridized carbons (Fsp3) is 0. The largest absolute Gasteiger partial charge is 0.456 e. The van der Waals surface area contributed by atoms with Gasteiger partial charge in [0.25, 0.3) is 0 Å². The van der Waals surface area contributed by atoms with Gasteiger partial charge in [-0.1, -0.05) is 121 Å². The van der Waals surface area contributed by atoms with Crippen LogP contribution in [-0.2, 0) is 0 Å². The summed E-state index contributed by atoms with van der Waals surface area (Å²) in [6.07, 6.45) is 0. The Balaban J connectivity index is 1.01. The summed E-state index contributed by atoms with van der Waals surface area (Å²) in [6, 6.07) is 69.1. The summed E-state index contributed by atoms with van der Waals surface area (Å²) in [4.78, 5) is 2.31. The number of rotatable bonds is 6. The molecule has 2 heterocycles.